The Morgan fingerprint density at radius 1 is 1.23 bits per heavy atom. The first-order valence-corrected chi connectivity index (χ1v) is 8.68. The van der Waals surface area contributed by atoms with Crippen molar-refractivity contribution in [1.29, 1.82) is 0 Å². The van der Waals surface area contributed by atoms with Crippen LogP contribution in [0.15, 0.2) is 10.6 Å². The maximum Gasteiger partial charge on any atom is 0.410 e. The summed E-state index contributed by atoms with van der Waals surface area (Å²) >= 11 is 0. The molecule has 2 aliphatic heterocycles. The molecule has 0 N–H and O–H groups in total. The number of hydrogen-bond acceptors (Lipinski definition) is 7. The molecule has 2 aliphatic rings. The fraction of sp³-hybridized carbons (Fsp3) is 0.647. The van der Waals surface area contributed by atoms with Crippen LogP contribution in [-0.4, -0.2) is 70.7 Å². The van der Waals surface area contributed by atoms with E-state index in [-0.39, 0.29) is 30.1 Å². The quantitative estimate of drug-likeness (QED) is 0.727. The number of amides is 3. The van der Waals surface area contributed by atoms with Crippen LogP contribution >= 0.6 is 0 Å². The highest BCUT2D eigenvalue weighted by Gasteiger charge is 2.44. The van der Waals surface area contributed by atoms with Gasteiger partial charge in [0.2, 0.25) is 5.91 Å². The van der Waals surface area contributed by atoms with Crippen molar-refractivity contribution in [3.8, 4) is 0 Å². The fourth-order valence-electron chi connectivity index (χ4n) is 3.14. The number of carbonyl (C=O) groups is 3. The molecule has 0 unspecified atom stereocenters. The SMILES string of the molecule is Cc1cc(N2C(=O)C[C@H](N3CCN(C(=O)OC(C)(C)C)CC3)C2=O)no1. The third-order valence-corrected chi connectivity index (χ3v) is 4.37. The van der Waals surface area contributed by atoms with Gasteiger partial charge in [-0.2, -0.15) is 0 Å². The predicted octanol–water partition coefficient (Wildman–Crippen LogP) is 1.17. The summed E-state index contributed by atoms with van der Waals surface area (Å²) in [5, 5.41) is 3.77. The van der Waals surface area contributed by atoms with Gasteiger partial charge in [0.1, 0.15) is 11.4 Å². The van der Waals surface area contributed by atoms with Crippen LogP contribution in [0.3, 0.4) is 0 Å². The van der Waals surface area contributed by atoms with Crippen molar-refractivity contribution in [2.24, 2.45) is 0 Å². The van der Waals surface area contributed by atoms with Crippen LogP contribution in [0, 0.1) is 6.92 Å². The monoisotopic (exact) mass is 364 g/mol. The van der Waals surface area contributed by atoms with Crippen molar-refractivity contribution >= 4 is 23.7 Å². The Hall–Kier alpha value is -2.42. The Kier molecular flexibility index (Phi) is 4.74. The molecule has 2 fully saturated rings. The number of imide groups is 1. The van der Waals surface area contributed by atoms with Crippen molar-refractivity contribution in [3.05, 3.63) is 11.8 Å². The predicted molar refractivity (Wildman–Crippen MR) is 91.5 cm³/mol. The third-order valence-electron chi connectivity index (χ3n) is 4.37. The summed E-state index contributed by atoms with van der Waals surface area (Å²) in [6.45, 7) is 9.10. The van der Waals surface area contributed by atoms with Crippen LogP contribution in [0.2, 0.25) is 0 Å². The van der Waals surface area contributed by atoms with Gasteiger partial charge in [-0.3, -0.25) is 14.5 Å². The lowest BCUT2D eigenvalue weighted by molar-refractivity contribution is -0.123. The minimum absolute atomic E-state index is 0.108. The van der Waals surface area contributed by atoms with E-state index in [9.17, 15) is 14.4 Å². The van der Waals surface area contributed by atoms with Gasteiger partial charge in [0.05, 0.1) is 12.5 Å². The summed E-state index contributed by atoms with van der Waals surface area (Å²) in [4.78, 5) is 41.8. The molecule has 142 valence electrons. The average Bonchev–Trinajstić information content (AvgIpc) is 3.09. The Morgan fingerprint density at radius 3 is 2.42 bits per heavy atom. The van der Waals surface area contributed by atoms with Gasteiger partial charge in [-0.25, -0.2) is 9.69 Å². The molecule has 0 spiro atoms. The van der Waals surface area contributed by atoms with Gasteiger partial charge < -0.3 is 14.2 Å². The summed E-state index contributed by atoms with van der Waals surface area (Å²) < 4.78 is 10.3. The number of hydrogen-bond donors (Lipinski definition) is 0. The summed E-state index contributed by atoms with van der Waals surface area (Å²) in [5.74, 6) is 0.180. The molecule has 0 radical (unpaired) electrons. The second kappa shape index (κ2) is 6.71. The number of rotatable bonds is 2. The Bertz CT molecular complexity index is 715. The number of ether oxygens (including phenoxy) is 1. The molecule has 3 heterocycles. The first kappa shape index (κ1) is 18.4. The summed E-state index contributed by atoms with van der Waals surface area (Å²) in [6.07, 6.45) is -0.248. The second-order valence-electron chi connectivity index (χ2n) is 7.59. The molecule has 1 aromatic heterocycles. The highest BCUT2D eigenvalue weighted by molar-refractivity contribution is 6.21. The summed E-state index contributed by atoms with van der Waals surface area (Å²) in [7, 11) is 0. The molecule has 9 nitrogen and oxygen atoms in total. The highest BCUT2D eigenvalue weighted by Crippen LogP contribution is 2.26. The van der Waals surface area contributed by atoms with Crippen LogP contribution < -0.4 is 4.90 Å². The van der Waals surface area contributed by atoms with E-state index in [1.54, 1.807) is 17.9 Å². The minimum Gasteiger partial charge on any atom is -0.444 e. The maximum absolute atomic E-state index is 12.7. The number of nitrogens with zero attached hydrogens (tertiary/aromatic N) is 4. The van der Waals surface area contributed by atoms with E-state index in [0.29, 0.717) is 31.9 Å². The van der Waals surface area contributed by atoms with Gasteiger partial charge in [0.25, 0.3) is 5.91 Å². The third kappa shape index (κ3) is 3.72. The fourth-order valence-corrected chi connectivity index (χ4v) is 3.14. The van der Waals surface area contributed by atoms with E-state index in [2.05, 4.69) is 5.16 Å². The molecule has 2 saturated heterocycles. The lowest BCUT2D eigenvalue weighted by Crippen LogP contribution is -2.54. The molecular weight excluding hydrogens is 340 g/mol. The van der Waals surface area contributed by atoms with Crippen molar-refractivity contribution < 1.29 is 23.6 Å². The molecule has 0 aliphatic carbocycles. The Labute approximate surface area is 151 Å². The molecule has 0 bridgehead atoms. The smallest absolute Gasteiger partial charge is 0.410 e. The van der Waals surface area contributed by atoms with Crippen LogP contribution in [0.5, 0.6) is 0 Å². The molecular formula is C17H24N4O5. The van der Waals surface area contributed by atoms with Crippen molar-refractivity contribution in [3.63, 3.8) is 0 Å². The van der Waals surface area contributed by atoms with Gasteiger partial charge in [0.15, 0.2) is 5.82 Å². The largest absolute Gasteiger partial charge is 0.444 e. The first-order valence-electron chi connectivity index (χ1n) is 8.68. The zero-order valence-corrected chi connectivity index (χ0v) is 15.5. The Morgan fingerprint density at radius 2 is 1.88 bits per heavy atom. The number of anilines is 1. The van der Waals surface area contributed by atoms with Crippen LogP contribution in [0.25, 0.3) is 0 Å². The molecule has 3 amide bonds. The van der Waals surface area contributed by atoms with E-state index < -0.39 is 11.6 Å². The van der Waals surface area contributed by atoms with Crippen molar-refractivity contribution in [2.45, 2.75) is 45.8 Å². The maximum atomic E-state index is 12.7. The van der Waals surface area contributed by atoms with Crippen molar-refractivity contribution in [2.75, 3.05) is 31.1 Å². The van der Waals surface area contributed by atoms with Gasteiger partial charge in [-0.1, -0.05) is 5.16 Å². The van der Waals surface area contributed by atoms with E-state index in [1.165, 1.54) is 0 Å². The highest BCUT2D eigenvalue weighted by atomic mass is 16.6. The molecule has 9 heteroatoms. The van der Waals surface area contributed by atoms with Crippen LogP contribution in [0.1, 0.15) is 33.0 Å². The van der Waals surface area contributed by atoms with E-state index >= 15 is 0 Å². The van der Waals surface area contributed by atoms with Gasteiger partial charge in [0, 0.05) is 32.2 Å². The molecule has 1 aromatic rings. The molecule has 26 heavy (non-hydrogen) atoms. The zero-order chi connectivity index (χ0) is 19.1. The minimum atomic E-state index is -0.543. The Balaban J connectivity index is 1.61. The molecule has 1 atom stereocenters. The van der Waals surface area contributed by atoms with Crippen molar-refractivity contribution in [1.82, 2.24) is 15.0 Å². The molecule has 3 rings (SSSR count). The lowest BCUT2D eigenvalue weighted by atomic mass is 10.1. The number of aromatic nitrogens is 1. The van der Waals surface area contributed by atoms with E-state index in [0.717, 1.165) is 4.90 Å². The van der Waals surface area contributed by atoms with Crippen LogP contribution in [0.4, 0.5) is 10.6 Å². The molecule has 0 aromatic carbocycles. The van der Waals surface area contributed by atoms with Gasteiger partial charge >= 0.3 is 6.09 Å². The first-order chi connectivity index (χ1) is 12.2. The van der Waals surface area contributed by atoms with Crippen LogP contribution in [-0.2, 0) is 14.3 Å². The summed E-state index contributed by atoms with van der Waals surface area (Å²) in [5.41, 5.74) is -0.543. The average molecular weight is 364 g/mol. The van der Waals surface area contributed by atoms with E-state index in [1.807, 2.05) is 25.7 Å². The van der Waals surface area contributed by atoms with Gasteiger partial charge in [-0.05, 0) is 27.7 Å². The topological polar surface area (TPSA) is 96.2 Å². The summed E-state index contributed by atoms with van der Waals surface area (Å²) in [6, 6.07) is 1.04. The van der Waals surface area contributed by atoms with E-state index in [4.69, 9.17) is 9.26 Å². The molecule has 0 saturated carbocycles. The zero-order valence-electron chi connectivity index (χ0n) is 15.5. The number of piperazine rings is 1. The lowest BCUT2D eigenvalue weighted by Gasteiger charge is -2.37. The second-order valence-corrected chi connectivity index (χ2v) is 7.59. The van der Waals surface area contributed by atoms with Gasteiger partial charge in [-0.15, -0.1) is 0 Å². The normalized spacial score (nSPS) is 22.2. The standard InChI is InChI=1S/C17H24N4O5/c1-11-9-13(18-26-11)21-14(22)10-12(15(21)23)19-5-7-20(8-6-19)16(24)25-17(2,3)4/h9,12H,5-8,10H2,1-4H3/t12-/m0/s1. The number of carbonyl (C=O) groups excluding carboxylic acids is 3. The number of aryl methyl sites for hydroxylation is 1.